The molecular weight excluding hydrogens is 140 g/mol. The van der Waals surface area contributed by atoms with Crippen LogP contribution in [0.5, 0.6) is 0 Å². The summed E-state index contributed by atoms with van der Waals surface area (Å²) in [6.45, 7) is 6.27. The smallest absolute Gasteiger partial charge is 0.0465 e. The van der Waals surface area contributed by atoms with E-state index >= 15 is 0 Å². The fourth-order valence-corrected chi connectivity index (χ4v) is 1.55. The highest BCUT2D eigenvalue weighted by Gasteiger charge is 2.05. The SMILES string of the molecule is C=CC.[SiH3]C1CCCCO1. The summed E-state index contributed by atoms with van der Waals surface area (Å²) in [7, 11) is 1.23. The van der Waals surface area contributed by atoms with Crippen LogP contribution < -0.4 is 0 Å². The van der Waals surface area contributed by atoms with Gasteiger partial charge in [-0.2, -0.15) is 0 Å². The van der Waals surface area contributed by atoms with E-state index in [0.29, 0.717) is 5.73 Å². The molecule has 0 saturated carbocycles. The quantitative estimate of drug-likeness (QED) is 0.378. The lowest BCUT2D eigenvalue weighted by Crippen LogP contribution is -2.18. The highest BCUT2D eigenvalue weighted by atomic mass is 28.1. The van der Waals surface area contributed by atoms with Gasteiger partial charge in [0, 0.05) is 22.6 Å². The van der Waals surface area contributed by atoms with Gasteiger partial charge in [0.15, 0.2) is 0 Å². The minimum absolute atomic E-state index is 0.675. The fraction of sp³-hybridized carbons (Fsp3) is 0.750. The lowest BCUT2D eigenvalue weighted by atomic mass is 10.2. The first kappa shape index (κ1) is 9.92. The van der Waals surface area contributed by atoms with Gasteiger partial charge in [0.05, 0.1) is 0 Å². The van der Waals surface area contributed by atoms with Gasteiger partial charge in [-0.15, -0.1) is 6.58 Å². The first-order chi connectivity index (χ1) is 4.81. The van der Waals surface area contributed by atoms with E-state index in [1.165, 1.54) is 29.5 Å². The largest absolute Gasteiger partial charge is 0.383 e. The third-order valence-electron chi connectivity index (χ3n) is 1.41. The molecule has 0 spiro atoms. The zero-order chi connectivity index (χ0) is 7.82. The molecular formula is C8H18OSi. The monoisotopic (exact) mass is 158 g/mol. The van der Waals surface area contributed by atoms with Crippen LogP contribution in [0.15, 0.2) is 12.7 Å². The molecule has 0 aromatic carbocycles. The summed E-state index contributed by atoms with van der Waals surface area (Å²) in [5, 5.41) is 0. The molecule has 1 aliphatic heterocycles. The van der Waals surface area contributed by atoms with Crippen LogP contribution in [0.2, 0.25) is 0 Å². The van der Waals surface area contributed by atoms with Gasteiger partial charge in [-0.05, 0) is 26.2 Å². The molecule has 10 heavy (non-hydrogen) atoms. The van der Waals surface area contributed by atoms with E-state index < -0.39 is 0 Å². The van der Waals surface area contributed by atoms with Crippen LogP contribution in [0.3, 0.4) is 0 Å². The van der Waals surface area contributed by atoms with Gasteiger partial charge in [-0.25, -0.2) is 0 Å². The maximum absolute atomic E-state index is 5.34. The van der Waals surface area contributed by atoms with Gasteiger partial charge in [0.2, 0.25) is 0 Å². The molecule has 1 fully saturated rings. The molecule has 1 rings (SSSR count). The molecule has 0 amide bonds. The molecule has 0 N–H and O–H groups in total. The minimum atomic E-state index is 0.675. The van der Waals surface area contributed by atoms with Crippen molar-refractivity contribution in [3.05, 3.63) is 12.7 Å². The summed E-state index contributed by atoms with van der Waals surface area (Å²) in [4.78, 5) is 0. The third-order valence-corrected chi connectivity index (χ3v) is 2.32. The van der Waals surface area contributed by atoms with Gasteiger partial charge >= 0.3 is 0 Å². The van der Waals surface area contributed by atoms with Gasteiger partial charge < -0.3 is 4.74 Å². The molecule has 0 aliphatic carbocycles. The van der Waals surface area contributed by atoms with E-state index in [0.717, 1.165) is 6.61 Å². The highest BCUT2D eigenvalue weighted by Crippen LogP contribution is 2.08. The molecule has 1 heterocycles. The van der Waals surface area contributed by atoms with Crippen LogP contribution in [0.25, 0.3) is 0 Å². The zero-order valence-corrected chi connectivity index (χ0v) is 9.10. The lowest BCUT2D eigenvalue weighted by Gasteiger charge is -2.17. The van der Waals surface area contributed by atoms with Crippen LogP contribution in [0.1, 0.15) is 26.2 Å². The van der Waals surface area contributed by atoms with Gasteiger partial charge in [-0.1, -0.05) is 6.08 Å². The zero-order valence-electron chi connectivity index (χ0n) is 7.10. The second-order valence-electron chi connectivity index (χ2n) is 2.59. The second kappa shape index (κ2) is 7.03. The summed E-state index contributed by atoms with van der Waals surface area (Å²) >= 11 is 0. The molecule has 1 atom stereocenters. The Morgan fingerprint density at radius 2 is 2.20 bits per heavy atom. The number of hydrogen-bond acceptors (Lipinski definition) is 1. The van der Waals surface area contributed by atoms with Crippen molar-refractivity contribution in [2.24, 2.45) is 0 Å². The van der Waals surface area contributed by atoms with Crippen molar-refractivity contribution in [1.29, 1.82) is 0 Å². The molecule has 0 bridgehead atoms. The third kappa shape index (κ3) is 6.04. The Balaban J connectivity index is 0.000000236. The molecule has 2 heteroatoms. The molecule has 1 saturated heterocycles. The molecule has 1 aliphatic rings. The summed E-state index contributed by atoms with van der Waals surface area (Å²) in [5.74, 6) is 0. The Morgan fingerprint density at radius 3 is 2.40 bits per heavy atom. The Morgan fingerprint density at radius 1 is 1.60 bits per heavy atom. The van der Waals surface area contributed by atoms with Gasteiger partial charge in [0.1, 0.15) is 0 Å². The van der Waals surface area contributed by atoms with Crippen molar-refractivity contribution < 1.29 is 4.74 Å². The van der Waals surface area contributed by atoms with E-state index in [-0.39, 0.29) is 0 Å². The van der Waals surface area contributed by atoms with Gasteiger partial charge in [-0.3, -0.25) is 0 Å². The van der Waals surface area contributed by atoms with Crippen molar-refractivity contribution in [1.82, 2.24) is 0 Å². The standard InChI is InChI=1S/C5H12OSi.C3H6/c7-5-3-1-2-4-6-5;1-3-2/h5H,1-4H2,7H3;3H,1H2,2H3. The maximum atomic E-state index is 5.34. The Kier molecular flexibility index (Phi) is 6.97. The van der Waals surface area contributed by atoms with Crippen molar-refractivity contribution in [3.8, 4) is 0 Å². The summed E-state index contributed by atoms with van der Waals surface area (Å²) < 4.78 is 5.34. The van der Waals surface area contributed by atoms with E-state index in [4.69, 9.17) is 4.74 Å². The number of ether oxygens (including phenoxy) is 1. The molecule has 0 aromatic heterocycles. The summed E-state index contributed by atoms with van der Waals surface area (Å²) in [6.07, 6.45) is 5.76. The van der Waals surface area contributed by atoms with Crippen LogP contribution >= 0.6 is 0 Å². The summed E-state index contributed by atoms with van der Waals surface area (Å²) in [5.41, 5.74) is 0.675. The topological polar surface area (TPSA) is 9.23 Å². The summed E-state index contributed by atoms with van der Waals surface area (Å²) in [6, 6.07) is 0. The number of hydrogen-bond donors (Lipinski definition) is 0. The predicted molar refractivity (Wildman–Crippen MR) is 49.4 cm³/mol. The molecule has 0 aromatic rings. The average Bonchev–Trinajstić information content (AvgIpc) is 1.91. The molecule has 60 valence electrons. The van der Waals surface area contributed by atoms with Crippen molar-refractivity contribution >= 4 is 10.2 Å². The van der Waals surface area contributed by atoms with E-state index in [1.54, 1.807) is 6.08 Å². The first-order valence-corrected chi connectivity index (χ1v) is 5.15. The number of allylic oxidation sites excluding steroid dienone is 1. The van der Waals surface area contributed by atoms with Crippen LogP contribution in [-0.4, -0.2) is 22.6 Å². The second-order valence-corrected chi connectivity index (χ2v) is 3.87. The molecule has 0 radical (unpaired) electrons. The Hall–Kier alpha value is -0.0831. The Labute approximate surface area is 66.9 Å². The lowest BCUT2D eigenvalue weighted by molar-refractivity contribution is 0.0675. The first-order valence-electron chi connectivity index (χ1n) is 4.00. The van der Waals surface area contributed by atoms with Crippen LogP contribution in [-0.2, 0) is 4.74 Å². The molecule has 1 unspecified atom stereocenters. The van der Waals surface area contributed by atoms with Crippen LogP contribution in [0, 0.1) is 0 Å². The minimum Gasteiger partial charge on any atom is -0.383 e. The fourth-order valence-electron chi connectivity index (χ4n) is 0.902. The van der Waals surface area contributed by atoms with E-state index in [2.05, 4.69) is 6.58 Å². The predicted octanol–water partition coefficient (Wildman–Crippen LogP) is 1.07. The van der Waals surface area contributed by atoms with Crippen molar-refractivity contribution in [2.75, 3.05) is 6.61 Å². The normalized spacial score (nSPS) is 24.7. The van der Waals surface area contributed by atoms with Crippen molar-refractivity contribution in [3.63, 3.8) is 0 Å². The van der Waals surface area contributed by atoms with Crippen LogP contribution in [0.4, 0.5) is 0 Å². The van der Waals surface area contributed by atoms with Crippen molar-refractivity contribution in [2.45, 2.75) is 31.9 Å². The van der Waals surface area contributed by atoms with E-state index in [1.807, 2.05) is 6.92 Å². The Bertz CT molecular complexity index is 77.3. The maximum Gasteiger partial charge on any atom is 0.0465 e. The van der Waals surface area contributed by atoms with E-state index in [9.17, 15) is 0 Å². The average molecular weight is 158 g/mol. The van der Waals surface area contributed by atoms with Gasteiger partial charge in [0.25, 0.3) is 0 Å². The number of rotatable bonds is 0. The molecule has 1 nitrogen and oxygen atoms in total. The highest BCUT2D eigenvalue weighted by molar-refractivity contribution is 6.10.